The number of anilines is 1. The number of nitrogens with one attached hydrogen (secondary N) is 1. The second kappa shape index (κ2) is 5.38. The van der Waals surface area contributed by atoms with E-state index in [1.54, 1.807) is 24.8 Å². The van der Waals surface area contributed by atoms with Crippen LogP contribution in [0, 0.1) is 5.92 Å². The summed E-state index contributed by atoms with van der Waals surface area (Å²) in [5, 5.41) is 18.4. The Morgan fingerprint density at radius 2 is 2.05 bits per heavy atom. The van der Waals surface area contributed by atoms with Crippen molar-refractivity contribution >= 4 is 16.7 Å². The maximum Gasteiger partial charge on any atom is 0.157 e. The molecule has 3 aromatic rings. The Hall–Kier alpha value is -2.47. The van der Waals surface area contributed by atoms with Gasteiger partial charge in [0.15, 0.2) is 5.65 Å². The van der Waals surface area contributed by atoms with Crippen LogP contribution in [0.3, 0.4) is 0 Å². The monoisotopic (exact) mass is 295 g/mol. The molecule has 1 saturated heterocycles. The molecular formula is C16H17N5O. The van der Waals surface area contributed by atoms with Crippen LogP contribution >= 0.6 is 0 Å². The predicted molar refractivity (Wildman–Crippen MR) is 83.5 cm³/mol. The molecule has 0 radical (unpaired) electrons. The fourth-order valence-electron chi connectivity index (χ4n) is 3.19. The van der Waals surface area contributed by atoms with Gasteiger partial charge in [-0.3, -0.25) is 10.1 Å². The number of β-amino-alcohol motifs (C(OH)–C–C–N with tert-alkyl or cyclic N) is 1. The molecule has 0 aromatic carbocycles. The van der Waals surface area contributed by atoms with E-state index in [-0.39, 0.29) is 12.0 Å². The minimum atomic E-state index is -0.330. The van der Waals surface area contributed by atoms with Crippen molar-refractivity contribution in [3.63, 3.8) is 0 Å². The number of nitrogens with zero attached hydrogens (tertiary/aromatic N) is 4. The molecule has 4 heterocycles. The van der Waals surface area contributed by atoms with Gasteiger partial charge in [0.1, 0.15) is 0 Å². The van der Waals surface area contributed by atoms with Gasteiger partial charge in [-0.15, -0.1) is 0 Å². The van der Waals surface area contributed by atoms with Crippen LogP contribution in [0.4, 0.5) is 5.69 Å². The average Bonchev–Trinajstić information content (AvgIpc) is 3.15. The summed E-state index contributed by atoms with van der Waals surface area (Å²) in [6.07, 6.45) is 7.69. The highest BCUT2D eigenvalue weighted by Crippen LogP contribution is 2.30. The van der Waals surface area contributed by atoms with Gasteiger partial charge in [-0.05, 0) is 30.2 Å². The van der Waals surface area contributed by atoms with Crippen LogP contribution < -0.4 is 4.90 Å². The van der Waals surface area contributed by atoms with Gasteiger partial charge >= 0.3 is 0 Å². The minimum Gasteiger partial charge on any atom is -0.391 e. The summed E-state index contributed by atoms with van der Waals surface area (Å²) in [5.41, 5.74) is 3.07. The molecule has 0 bridgehead atoms. The SMILES string of the molecule is O[C@H]1CN(c2ccnc3[nH]ncc23)C[C@H]1Cc1ccncc1. The van der Waals surface area contributed by atoms with Crippen molar-refractivity contribution in [2.75, 3.05) is 18.0 Å². The number of rotatable bonds is 3. The Balaban J connectivity index is 1.57. The lowest BCUT2D eigenvalue weighted by molar-refractivity contribution is 0.148. The van der Waals surface area contributed by atoms with Crippen molar-refractivity contribution < 1.29 is 5.11 Å². The maximum atomic E-state index is 10.4. The molecule has 6 nitrogen and oxygen atoms in total. The fourth-order valence-corrected chi connectivity index (χ4v) is 3.19. The van der Waals surface area contributed by atoms with Gasteiger partial charge in [0.05, 0.1) is 23.4 Å². The van der Waals surface area contributed by atoms with Gasteiger partial charge in [-0.1, -0.05) is 0 Å². The van der Waals surface area contributed by atoms with Crippen LogP contribution in [0.15, 0.2) is 43.0 Å². The smallest absolute Gasteiger partial charge is 0.157 e. The first-order valence-electron chi connectivity index (χ1n) is 7.41. The van der Waals surface area contributed by atoms with Crippen LogP contribution in [-0.4, -0.2) is 44.5 Å². The van der Waals surface area contributed by atoms with Gasteiger partial charge in [0.25, 0.3) is 0 Å². The van der Waals surface area contributed by atoms with Gasteiger partial charge < -0.3 is 10.0 Å². The van der Waals surface area contributed by atoms with Crippen molar-refractivity contribution in [1.29, 1.82) is 0 Å². The Bertz CT molecular complexity index is 772. The lowest BCUT2D eigenvalue weighted by atomic mass is 9.97. The van der Waals surface area contributed by atoms with E-state index in [0.717, 1.165) is 29.7 Å². The van der Waals surface area contributed by atoms with E-state index in [9.17, 15) is 5.11 Å². The molecule has 0 unspecified atom stereocenters. The average molecular weight is 295 g/mol. The predicted octanol–water partition coefficient (Wildman–Crippen LogP) is 1.39. The highest BCUT2D eigenvalue weighted by Gasteiger charge is 2.32. The third kappa shape index (κ3) is 2.31. The summed E-state index contributed by atoms with van der Waals surface area (Å²) >= 11 is 0. The molecule has 22 heavy (non-hydrogen) atoms. The van der Waals surface area contributed by atoms with E-state index in [1.165, 1.54) is 5.56 Å². The molecule has 1 fully saturated rings. The van der Waals surface area contributed by atoms with E-state index >= 15 is 0 Å². The second-order valence-corrected chi connectivity index (χ2v) is 5.75. The quantitative estimate of drug-likeness (QED) is 0.763. The summed E-state index contributed by atoms with van der Waals surface area (Å²) in [4.78, 5) is 10.5. The van der Waals surface area contributed by atoms with Crippen LogP contribution in [0.1, 0.15) is 5.56 Å². The fraction of sp³-hybridized carbons (Fsp3) is 0.312. The topological polar surface area (TPSA) is 77.9 Å². The number of H-pyrrole nitrogens is 1. The molecule has 2 atom stereocenters. The first-order valence-corrected chi connectivity index (χ1v) is 7.41. The number of aliphatic hydroxyl groups excluding tert-OH is 1. The molecule has 1 aliphatic rings. The molecule has 0 saturated carbocycles. The number of pyridine rings is 2. The molecule has 2 N–H and O–H groups in total. The molecule has 6 heteroatoms. The summed E-state index contributed by atoms with van der Waals surface area (Å²) in [5.74, 6) is 0.220. The van der Waals surface area contributed by atoms with Crippen molar-refractivity contribution in [3.8, 4) is 0 Å². The van der Waals surface area contributed by atoms with Gasteiger partial charge in [-0.25, -0.2) is 4.98 Å². The molecular weight excluding hydrogens is 278 g/mol. The van der Waals surface area contributed by atoms with Gasteiger partial charge in [0, 0.05) is 37.6 Å². The normalized spacial score (nSPS) is 21.6. The molecule has 0 spiro atoms. The van der Waals surface area contributed by atoms with E-state index in [2.05, 4.69) is 25.1 Å². The number of aliphatic hydroxyl groups is 1. The zero-order chi connectivity index (χ0) is 14.9. The Morgan fingerprint density at radius 3 is 2.91 bits per heavy atom. The maximum absolute atomic E-state index is 10.4. The lowest BCUT2D eigenvalue weighted by Gasteiger charge is -2.18. The summed E-state index contributed by atoms with van der Waals surface area (Å²) in [6.45, 7) is 1.47. The first kappa shape index (κ1) is 13.2. The summed E-state index contributed by atoms with van der Waals surface area (Å²) in [6, 6.07) is 6.01. The second-order valence-electron chi connectivity index (χ2n) is 5.75. The van der Waals surface area contributed by atoms with Crippen molar-refractivity contribution in [1.82, 2.24) is 20.2 Å². The van der Waals surface area contributed by atoms with Crippen molar-refractivity contribution in [2.24, 2.45) is 5.92 Å². The Labute approximate surface area is 127 Å². The Morgan fingerprint density at radius 1 is 1.18 bits per heavy atom. The Kier molecular flexibility index (Phi) is 3.23. The van der Waals surface area contributed by atoms with Crippen LogP contribution in [-0.2, 0) is 6.42 Å². The number of fused-ring (bicyclic) bond motifs is 1. The van der Waals surface area contributed by atoms with E-state index in [1.807, 2.05) is 18.2 Å². The zero-order valence-corrected chi connectivity index (χ0v) is 12.1. The molecule has 3 aromatic heterocycles. The number of hydrogen-bond donors (Lipinski definition) is 2. The first-order chi connectivity index (χ1) is 10.8. The molecule has 4 rings (SSSR count). The van der Waals surface area contributed by atoms with Crippen LogP contribution in [0.2, 0.25) is 0 Å². The zero-order valence-electron chi connectivity index (χ0n) is 12.1. The largest absolute Gasteiger partial charge is 0.391 e. The van der Waals surface area contributed by atoms with Crippen molar-refractivity contribution in [2.45, 2.75) is 12.5 Å². The highest BCUT2D eigenvalue weighted by molar-refractivity contribution is 5.88. The van der Waals surface area contributed by atoms with E-state index in [4.69, 9.17) is 0 Å². The summed E-state index contributed by atoms with van der Waals surface area (Å²) < 4.78 is 0. The lowest BCUT2D eigenvalue weighted by Crippen LogP contribution is -2.21. The highest BCUT2D eigenvalue weighted by atomic mass is 16.3. The van der Waals surface area contributed by atoms with Crippen molar-refractivity contribution in [3.05, 3.63) is 48.5 Å². The molecule has 1 aliphatic heterocycles. The third-order valence-electron chi connectivity index (χ3n) is 4.33. The van der Waals surface area contributed by atoms with Crippen LogP contribution in [0.5, 0.6) is 0 Å². The molecule has 112 valence electrons. The van der Waals surface area contributed by atoms with E-state index in [0.29, 0.717) is 6.54 Å². The molecule has 0 amide bonds. The number of hydrogen-bond acceptors (Lipinski definition) is 5. The summed E-state index contributed by atoms with van der Waals surface area (Å²) in [7, 11) is 0. The third-order valence-corrected chi connectivity index (χ3v) is 4.33. The number of aromatic amines is 1. The van der Waals surface area contributed by atoms with Gasteiger partial charge in [-0.2, -0.15) is 5.10 Å². The standard InChI is InChI=1S/C16H17N5O/c22-15-10-21(9-12(15)7-11-1-4-17-5-2-11)14-3-6-18-16-13(14)8-19-20-16/h1-6,8,12,15,22H,7,9-10H2,(H,18,19,20)/t12-,15+/m1/s1. The van der Waals surface area contributed by atoms with Gasteiger partial charge in [0.2, 0.25) is 0 Å². The molecule has 0 aliphatic carbocycles. The van der Waals surface area contributed by atoms with E-state index < -0.39 is 0 Å². The van der Waals surface area contributed by atoms with Crippen LogP contribution in [0.25, 0.3) is 11.0 Å². The number of aromatic nitrogens is 4. The minimum absolute atomic E-state index is 0.220.